The monoisotopic (exact) mass is 284 g/mol. The smallest absolute Gasteiger partial charge is 0.319 e. The number of hydrogen-bond acceptors (Lipinski definition) is 3. The van der Waals surface area contributed by atoms with Gasteiger partial charge in [-0.1, -0.05) is 18.2 Å². The lowest BCUT2D eigenvalue weighted by Gasteiger charge is -2.42. The van der Waals surface area contributed by atoms with Crippen molar-refractivity contribution in [3.05, 3.63) is 29.8 Å². The Labute approximate surface area is 124 Å². The van der Waals surface area contributed by atoms with Gasteiger partial charge in [-0.25, -0.2) is 0 Å². The minimum atomic E-state index is -0.918. The SMILES string of the molecule is CN1C2CCC1CC(C1(C(=O)O)C=Nc3ccccc31)C2. The van der Waals surface area contributed by atoms with Crippen LogP contribution in [0, 0.1) is 5.92 Å². The highest BCUT2D eigenvalue weighted by molar-refractivity contribution is 6.06. The van der Waals surface area contributed by atoms with E-state index in [4.69, 9.17) is 0 Å². The van der Waals surface area contributed by atoms with Crippen molar-refractivity contribution < 1.29 is 9.90 Å². The van der Waals surface area contributed by atoms with E-state index in [1.165, 1.54) is 12.8 Å². The first-order valence-corrected chi connectivity index (χ1v) is 7.73. The van der Waals surface area contributed by atoms with Crippen molar-refractivity contribution in [3.63, 3.8) is 0 Å². The number of aliphatic imine (C=N–C) groups is 1. The second kappa shape index (κ2) is 4.41. The number of carboxylic acids is 1. The summed E-state index contributed by atoms with van der Waals surface area (Å²) in [6, 6.07) is 8.77. The van der Waals surface area contributed by atoms with Crippen molar-refractivity contribution in [1.29, 1.82) is 0 Å². The fourth-order valence-corrected chi connectivity index (χ4v) is 4.63. The maximum absolute atomic E-state index is 12.2. The molecule has 4 rings (SSSR count). The summed E-state index contributed by atoms with van der Waals surface area (Å²) < 4.78 is 0. The Kier molecular flexibility index (Phi) is 2.73. The van der Waals surface area contributed by atoms with Crippen molar-refractivity contribution >= 4 is 17.9 Å². The molecule has 2 bridgehead atoms. The van der Waals surface area contributed by atoms with Gasteiger partial charge in [0.15, 0.2) is 0 Å². The van der Waals surface area contributed by atoms with Crippen LogP contribution in [0.15, 0.2) is 29.3 Å². The number of hydrogen-bond donors (Lipinski definition) is 1. The molecule has 0 spiro atoms. The topological polar surface area (TPSA) is 52.9 Å². The third kappa shape index (κ3) is 1.65. The molecule has 0 aromatic heterocycles. The van der Waals surface area contributed by atoms with Gasteiger partial charge in [0.25, 0.3) is 0 Å². The maximum atomic E-state index is 12.2. The molecule has 3 heterocycles. The zero-order valence-electron chi connectivity index (χ0n) is 12.2. The molecule has 0 amide bonds. The fourth-order valence-electron chi connectivity index (χ4n) is 4.63. The molecule has 1 aromatic rings. The third-order valence-corrected chi connectivity index (χ3v) is 5.85. The molecule has 4 nitrogen and oxygen atoms in total. The fraction of sp³-hybridized carbons (Fsp3) is 0.529. The minimum Gasteiger partial charge on any atom is -0.480 e. The average Bonchev–Trinajstić information content (AvgIpc) is 2.94. The van der Waals surface area contributed by atoms with Crippen LogP contribution in [0.3, 0.4) is 0 Å². The van der Waals surface area contributed by atoms with Gasteiger partial charge < -0.3 is 10.0 Å². The van der Waals surface area contributed by atoms with Crippen molar-refractivity contribution in [1.82, 2.24) is 4.90 Å². The summed E-state index contributed by atoms with van der Waals surface area (Å²) >= 11 is 0. The van der Waals surface area contributed by atoms with Crippen molar-refractivity contribution in [2.75, 3.05) is 7.05 Å². The highest BCUT2D eigenvalue weighted by atomic mass is 16.4. The Hall–Kier alpha value is -1.68. The van der Waals surface area contributed by atoms with Crippen LogP contribution in [0.2, 0.25) is 0 Å². The van der Waals surface area contributed by atoms with Gasteiger partial charge in [-0.3, -0.25) is 9.79 Å². The molecule has 3 unspecified atom stereocenters. The predicted molar refractivity (Wildman–Crippen MR) is 81.2 cm³/mol. The van der Waals surface area contributed by atoms with E-state index in [0.29, 0.717) is 12.1 Å². The molecule has 3 aliphatic rings. The van der Waals surface area contributed by atoms with E-state index in [1.54, 1.807) is 6.21 Å². The van der Waals surface area contributed by atoms with Crippen LogP contribution in [0.5, 0.6) is 0 Å². The molecule has 1 aromatic carbocycles. The lowest BCUT2D eigenvalue weighted by molar-refractivity contribution is -0.143. The summed E-state index contributed by atoms with van der Waals surface area (Å²) in [5.74, 6) is -0.596. The third-order valence-electron chi connectivity index (χ3n) is 5.85. The van der Waals surface area contributed by atoms with E-state index in [9.17, 15) is 9.90 Å². The molecule has 21 heavy (non-hydrogen) atoms. The Morgan fingerprint density at radius 2 is 1.95 bits per heavy atom. The number of benzene rings is 1. The number of nitrogens with zero attached hydrogens (tertiary/aromatic N) is 2. The van der Waals surface area contributed by atoms with Crippen LogP contribution >= 0.6 is 0 Å². The Balaban J connectivity index is 1.78. The van der Waals surface area contributed by atoms with Crippen LogP contribution in [0.1, 0.15) is 31.2 Å². The first-order valence-electron chi connectivity index (χ1n) is 7.73. The van der Waals surface area contributed by atoms with Gasteiger partial charge in [0.05, 0.1) is 5.69 Å². The van der Waals surface area contributed by atoms with E-state index in [2.05, 4.69) is 16.9 Å². The van der Waals surface area contributed by atoms with E-state index in [0.717, 1.165) is 24.1 Å². The van der Waals surface area contributed by atoms with E-state index >= 15 is 0 Å². The standard InChI is InChI=1S/C17H20N2O2/c1-19-12-6-7-13(19)9-11(8-12)17(16(20)21)10-18-15-5-3-2-4-14(15)17/h2-5,10-13H,6-9H2,1H3,(H,20,21). The maximum Gasteiger partial charge on any atom is 0.319 e. The molecular formula is C17H20N2O2. The summed E-state index contributed by atoms with van der Waals surface area (Å²) in [4.78, 5) is 19.1. The minimum absolute atomic E-state index is 0.149. The summed E-state index contributed by atoms with van der Waals surface area (Å²) in [6.07, 6.45) is 6.02. The molecule has 0 radical (unpaired) electrons. The number of rotatable bonds is 2. The number of piperidine rings is 1. The number of carboxylic acid groups (broad SMARTS) is 1. The lowest BCUT2D eigenvalue weighted by atomic mass is 9.66. The van der Waals surface area contributed by atoms with Gasteiger partial charge in [-0.15, -0.1) is 0 Å². The van der Waals surface area contributed by atoms with Crippen LogP contribution < -0.4 is 0 Å². The molecule has 3 atom stereocenters. The van der Waals surface area contributed by atoms with Gasteiger partial charge in [-0.05, 0) is 44.7 Å². The van der Waals surface area contributed by atoms with Gasteiger partial charge in [0, 0.05) is 23.9 Å². The second-order valence-electron chi connectivity index (χ2n) is 6.67. The average molecular weight is 284 g/mol. The summed E-state index contributed by atoms with van der Waals surface area (Å²) in [5, 5.41) is 10.0. The molecule has 2 fully saturated rings. The van der Waals surface area contributed by atoms with Crippen LogP contribution in [-0.2, 0) is 10.2 Å². The molecular weight excluding hydrogens is 264 g/mol. The zero-order valence-corrected chi connectivity index (χ0v) is 12.2. The highest BCUT2D eigenvalue weighted by Crippen LogP contribution is 2.50. The Morgan fingerprint density at radius 3 is 2.62 bits per heavy atom. The molecule has 0 aliphatic carbocycles. The summed E-state index contributed by atoms with van der Waals surface area (Å²) in [7, 11) is 2.18. The van der Waals surface area contributed by atoms with E-state index < -0.39 is 11.4 Å². The largest absolute Gasteiger partial charge is 0.480 e. The normalized spacial score (nSPS) is 37.7. The summed E-state index contributed by atoms with van der Waals surface area (Å²) in [5.41, 5.74) is 0.788. The molecule has 0 saturated carbocycles. The van der Waals surface area contributed by atoms with Gasteiger partial charge in [-0.2, -0.15) is 0 Å². The molecule has 3 aliphatic heterocycles. The predicted octanol–water partition coefficient (Wildman–Crippen LogP) is 2.60. The van der Waals surface area contributed by atoms with Gasteiger partial charge >= 0.3 is 5.97 Å². The van der Waals surface area contributed by atoms with Gasteiger partial charge in [0.1, 0.15) is 5.41 Å². The van der Waals surface area contributed by atoms with Crippen LogP contribution in [0.4, 0.5) is 5.69 Å². The van der Waals surface area contributed by atoms with E-state index in [-0.39, 0.29) is 5.92 Å². The quantitative estimate of drug-likeness (QED) is 0.908. The van der Waals surface area contributed by atoms with Crippen molar-refractivity contribution in [2.45, 2.75) is 43.2 Å². The second-order valence-corrected chi connectivity index (χ2v) is 6.67. The van der Waals surface area contributed by atoms with Crippen molar-refractivity contribution in [2.24, 2.45) is 10.9 Å². The molecule has 110 valence electrons. The van der Waals surface area contributed by atoms with Crippen LogP contribution in [0.25, 0.3) is 0 Å². The van der Waals surface area contributed by atoms with Gasteiger partial charge in [0.2, 0.25) is 0 Å². The first-order chi connectivity index (χ1) is 10.1. The van der Waals surface area contributed by atoms with Crippen LogP contribution in [-0.4, -0.2) is 41.3 Å². The number of aliphatic carboxylic acids is 1. The van der Waals surface area contributed by atoms with Crippen molar-refractivity contribution in [3.8, 4) is 0 Å². The molecule has 4 heteroatoms. The van der Waals surface area contributed by atoms with E-state index in [1.807, 2.05) is 24.3 Å². The molecule has 2 saturated heterocycles. The lowest BCUT2D eigenvalue weighted by Crippen LogP contribution is -2.51. The highest BCUT2D eigenvalue weighted by Gasteiger charge is 2.54. The number of fused-ring (bicyclic) bond motifs is 3. The number of carbonyl (C=O) groups is 1. The first kappa shape index (κ1) is 13.0. The Bertz CT molecular complexity index is 613. The zero-order chi connectivity index (χ0) is 14.6. The number of para-hydroxylation sites is 1. The Morgan fingerprint density at radius 1 is 1.29 bits per heavy atom. The summed E-state index contributed by atoms with van der Waals surface area (Å²) in [6.45, 7) is 0. The molecule has 1 N–H and O–H groups in total.